The summed E-state index contributed by atoms with van der Waals surface area (Å²) in [7, 11) is 2.22. The number of piperidine rings is 1. The van der Waals surface area contributed by atoms with E-state index in [1.807, 2.05) is 11.8 Å². The molecule has 0 aliphatic carbocycles. The average Bonchev–Trinajstić information content (AvgIpc) is 2.71. The Balaban J connectivity index is 1.78. The molecule has 2 aliphatic heterocycles. The van der Waals surface area contributed by atoms with E-state index >= 15 is 0 Å². The molecule has 0 radical (unpaired) electrons. The van der Waals surface area contributed by atoms with Crippen molar-refractivity contribution in [2.75, 3.05) is 20.1 Å². The highest BCUT2D eigenvalue weighted by molar-refractivity contribution is 8.14. The van der Waals surface area contributed by atoms with E-state index in [1.54, 1.807) is 0 Å². The molecule has 3 atom stereocenters. The average molecular weight is 241 g/mol. The van der Waals surface area contributed by atoms with Crippen LogP contribution in [0.2, 0.25) is 0 Å². The molecule has 1 N–H and O–H groups in total. The van der Waals surface area contributed by atoms with Gasteiger partial charge >= 0.3 is 0 Å². The Labute approximate surface area is 103 Å². The number of nitrogens with zero attached hydrogens (tertiary/aromatic N) is 2. The Morgan fingerprint density at radius 2 is 2.38 bits per heavy atom. The smallest absolute Gasteiger partial charge is 0.157 e. The molecule has 0 aromatic carbocycles. The predicted molar refractivity (Wildman–Crippen MR) is 72.2 cm³/mol. The van der Waals surface area contributed by atoms with Crippen LogP contribution in [-0.2, 0) is 0 Å². The lowest BCUT2D eigenvalue weighted by Crippen LogP contribution is -2.46. The molecule has 2 aliphatic rings. The van der Waals surface area contributed by atoms with Gasteiger partial charge in [-0.25, -0.2) is 0 Å². The van der Waals surface area contributed by atoms with Crippen molar-refractivity contribution in [2.24, 2.45) is 4.99 Å². The van der Waals surface area contributed by atoms with Crippen molar-refractivity contribution in [3.8, 4) is 0 Å². The predicted octanol–water partition coefficient (Wildman–Crippen LogP) is 1.94. The quantitative estimate of drug-likeness (QED) is 0.800. The maximum atomic E-state index is 4.58. The Morgan fingerprint density at radius 3 is 3.00 bits per heavy atom. The van der Waals surface area contributed by atoms with Crippen LogP contribution < -0.4 is 5.32 Å². The number of rotatable bonds is 2. The molecule has 4 heteroatoms. The van der Waals surface area contributed by atoms with Crippen LogP contribution in [0.3, 0.4) is 0 Å². The minimum Gasteiger partial charge on any atom is -0.362 e. The van der Waals surface area contributed by atoms with Gasteiger partial charge in [-0.15, -0.1) is 0 Å². The lowest BCUT2D eigenvalue weighted by molar-refractivity contribution is 0.177. The summed E-state index contributed by atoms with van der Waals surface area (Å²) in [5.74, 6) is 0. The van der Waals surface area contributed by atoms with E-state index in [9.17, 15) is 0 Å². The number of nitrogens with one attached hydrogen (secondary N) is 1. The third-order valence-corrected chi connectivity index (χ3v) is 4.99. The third-order valence-electron chi connectivity index (χ3n) is 3.71. The Bertz CT molecular complexity index is 267. The molecule has 2 heterocycles. The summed E-state index contributed by atoms with van der Waals surface area (Å²) in [6.07, 6.45) is 3.72. The van der Waals surface area contributed by atoms with Gasteiger partial charge < -0.3 is 10.2 Å². The molecule has 92 valence electrons. The zero-order chi connectivity index (χ0) is 11.5. The Hall–Kier alpha value is -0.220. The van der Waals surface area contributed by atoms with Gasteiger partial charge in [-0.3, -0.25) is 4.99 Å². The Kier molecular flexibility index (Phi) is 4.14. The van der Waals surface area contributed by atoms with Gasteiger partial charge in [-0.1, -0.05) is 18.7 Å². The topological polar surface area (TPSA) is 27.6 Å². The van der Waals surface area contributed by atoms with Crippen molar-refractivity contribution in [3.05, 3.63) is 0 Å². The molecule has 16 heavy (non-hydrogen) atoms. The minimum atomic E-state index is 0.632. The molecule has 0 spiro atoms. The fourth-order valence-corrected chi connectivity index (χ4v) is 3.32. The summed E-state index contributed by atoms with van der Waals surface area (Å²) < 4.78 is 0. The first kappa shape index (κ1) is 12.2. The molecular weight excluding hydrogens is 218 g/mol. The normalized spacial score (nSPS) is 36.2. The third kappa shape index (κ3) is 2.92. The first-order chi connectivity index (χ1) is 7.69. The zero-order valence-corrected chi connectivity index (χ0v) is 11.4. The fourth-order valence-electron chi connectivity index (χ4n) is 2.30. The van der Waals surface area contributed by atoms with Crippen LogP contribution in [0.4, 0.5) is 0 Å². The van der Waals surface area contributed by atoms with Gasteiger partial charge in [0.15, 0.2) is 5.17 Å². The van der Waals surface area contributed by atoms with E-state index < -0.39 is 0 Å². The fraction of sp³-hybridized carbons (Fsp3) is 0.917. The van der Waals surface area contributed by atoms with Crippen molar-refractivity contribution in [2.45, 2.75) is 50.4 Å². The number of aliphatic imine (C=N–C) groups is 1. The summed E-state index contributed by atoms with van der Waals surface area (Å²) >= 11 is 1.93. The highest BCUT2D eigenvalue weighted by atomic mass is 32.2. The van der Waals surface area contributed by atoms with E-state index in [0.717, 1.165) is 6.54 Å². The maximum absolute atomic E-state index is 4.58. The van der Waals surface area contributed by atoms with Crippen LogP contribution in [0, 0.1) is 0 Å². The summed E-state index contributed by atoms with van der Waals surface area (Å²) in [4.78, 5) is 7.02. The number of amidine groups is 1. The SMILES string of the molecule is CCC1CN=C(NC2CCN(C)C(C)C2)S1. The van der Waals surface area contributed by atoms with Crippen molar-refractivity contribution in [1.82, 2.24) is 10.2 Å². The van der Waals surface area contributed by atoms with E-state index in [0.29, 0.717) is 17.3 Å². The van der Waals surface area contributed by atoms with Gasteiger partial charge in [0, 0.05) is 23.9 Å². The second kappa shape index (κ2) is 5.41. The number of thioether (sulfide) groups is 1. The summed E-state index contributed by atoms with van der Waals surface area (Å²) in [6, 6.07) is 1.33. The lowest BCUT2D eigenvalue weighted by atomic mass is 9.99. The highest BCUT2D eigenvalue weighted by Gasteiger charge is 2.25. The minimum absolute atomic E-state index is 0.632. The van der Waals surface area contributed by atoms with E-state index in [-0.39, 0.29) is 0 Å². The molecule has 0 aromatic rings. The number of likely N-dealkylation sites (tertiary alicyclic amines) is 1. The van der Waals surface area contributed by atoms with Crippen LogP contribution >= 0.6 is 11.8 Å². The molecule has 1 fully saturated rings. The van der Waals surface area contributed by atoms with E-state index in [2.05, 4.69) is 36.1 Å². The Morgan fingerprint density at radius 1 is 1.56 bits per heavy atom. The molecule has 1 saturated heterocycles. The van der Waals surface area contributed by atoms with Crippen molar-refractivity contribution in [1.29, 1.82) is 0 Å². The molecule has 0 saturated carbocycles. The van der Waals surface area contributed by atoms with Crippen molar-refractivity contribution >= 4 is 16.9 Å². The molecule has 3 unspecified atom stereocenters. The standard InChI is InChI=1S/C12H23N3S/c1-4-11-8-13-12(16-11)14-10-5-6-15(3)9(2)7-10/h9-11H,4-8H2,1-3H3,(H,13,14). The van der Waals surface area contributed by atoms with Gasteiger partial charge in [-0.05, 0) is 33.2 Å². The molecule has 3 nitrogen and oxygen atoms in total. The van der Waals surface area contributed by atoms with Crippen LogP contribution in [0.15, 0.2) is 4.99 Å². The second-order valence-corrected chi connectivity index (χ2v) is 6.28. The first-order valence-corrected chi connectivity index (χ1v) is 7.25. The van der Waals surface area contributed by atoms with Gasteiger partial charge in [0.2, 0.25) is 0 Å². The molecule has 0 aromatic heterocycles. The first-order valence-electron chi connectivity index (χ1n) is 6.37. The molecule has 0 amide bonds. The monoisotopic (exact) mass is 241 g/mol. The van der Waals surface area contributed by atoms with Gasteiger partial charge in [0.25, 0.3) is 0 Å². The summed E-state index contributed by atoms with van der Waals surface area (Å²) in [5, 5.41) is 5.52. The van der Waals surface area contributed by atoms with Crippen LogP contribution in [0.25, 0.3) is 0 Å². The number of hydrogen-bond donors (Lipinski definition) is 1. The van der Waals surface area contributed by atoms with E-state index in [4.69, 9.17) is 0 Å². The number of hydrogen-bond acceptors (Lipinski definition) is 4. The van der Waals surface area contributed by atoms with Crippen molar-refractivity contribution in [3.63, 3.8) is 0 Å². The van der Waals surface area contributed by atoms with Crippen LogP contribution in [0.5, 0.6) is 0 Å². The second-order valence-electron chi connectivity index (χ2n) is 4.99. The largest absolute Gasteiger partial charge is 0.362 e. The van der Waals surface area contributed by atoms with Gasteiger partial charge in [0.1, 0.15) is 0 Å². The van der Waals surface area contributed by atoms with Crippen LogP contribution in [-0.4, -0.2) is 47.5 Å². The molecular formula is C12H23N3S. The van der Waals surface area contributed by atoms with Gasteiger partial charge in [0.05, 0.1) is 6.54 Å². The summed E-state index contributed by atoms with van der Waals surface area (Å²) in [6.45, 7) is 6.76. The van der Waals surface area contributed by atoms with Crippen LogP contribution in [0.1, 0.15) is 33.1 Å². The van der Waals surface area contributed by atoms with Gasteiger partial charge in [-0.2, -0.15) is 0 Å². The highest BCUT2D eigenvalue weighted by Crippen LogP contribution is 2.24. The molecule has 0 bridgehead atoms. The van der Waals surface area contributed by atoms with Crippen molar-refractivity contribution < 1.29 is 0 Å². The molecule has 2 rings (SSSR count). The lowest BCUT2D eigenvalue weighted by Gasteiger charge is -2.35. The summed E-state index contributed by atoms with van der Waals surface area (Å²) in [5.41, 5.74) is 0. The van der Waals surface area contributed by atoms with E-state index in [1.165, 1.54) is 31.0 Å². The zero-order valence-electron chi connectivity index (χ0n) is 10.6. The maximum Gasteiger partial charge on any atom is 0.157 e.